The molecule has 0 aliphatic rings. The largest absolute Gasteiger partial charge is 0.465 e. The van der Waals surface area contributed by atoms with Crippen molar-refractivity contribution in [3.05, 3.63) is 36.6 Å². The molecule has 0 aliphatic carbocycles. The van der Waals surface area contributed by atoms with Crippen LogP contribution in [0.15, 0.2) is 41.1 Å². The Hall–Kier alpha value is -2.37. The molecular weight excluding hydrogens is 198 g/mol. The maximum absolute atomic E-state index is 8.78. The van der Waals surface area contributed by atoms with Crippen molar-refractivity contribution >= 4 is 6.09 Å². The number of rotatable bonds is 1. The molecule has 0 aliphatic heterocycles. The predicted octanol–water partition coefficient (Wildman–Crippen LogP) is 1.36. The highest BCUT2D eigenvalue weighted by molar-refractivity contribution is 5.61. The minimum absolute atomic E-state index is 0.769. The van der Waals surface area contributed by atoms with E-state index in [0.717, 1.165) is 11.3 Å². The molecule has 0 unspecified atom stereocenters. The van der Waals surface area contributed by atoms with Crippen molar-refractivity contribution in [2.75, 3.05) is 0 Å². The van der Waals surface area contributed by atoms with Gasteiger partial charge in [0.1, 0.15) is 5.69 Å². The van der Waals surface area contributed by atoms with E-state index in [2.05, 4.69) is 20.6 Å². The van der Waals surface area contributed by atoms with Crippen molar-refractivity contribution in [1.29, 1.82) is 0 Å². The van der Waals surface area contributed by atoms with Crippen molar-refractivity contribution in [3.63, 3.8) is 0 Å². The Morgan fingerprint density at radius 3 is 2.40 bits per heavy atom. The monoisotopic (exact) mass is 207 g/mol. The Bertz CT molecular complexity index is 396. The van der Waals surface area contributed by atoms with E-state index in [1.165, 1.54) is 6.26 Å². The van der Waals surface area contributed by atoms with Gasteiger partial charge < -0.3 is 15.4 Å². The zero-order valence-electron chi connectivity index (χ0n) is 7.70. The molecule has 6 heteroatoms. The van der Waals surface area contributed by atoms with Crippen LogP contribution >= 0.6 is 0 Å². The minimum atomic E-state index is -1.33. The first-order valence-electron chi connectivity index (χ1n) is 4.01. The predicted molar refractivity (Wildman–Crippen MR) is 51.9 cm³/mol. The lowest BCUT2D eigenvalue weighted by Gasteiger charge is -1.89. The number of aromatic nitrogens is 2. The Morgan fingerprint density at radius 1 is 1.33 bits per heavy atom. The Kier molecular flexibility index (Phi) is 3.84. The standard InChI is InChI=1S/C8H6N2O.CH3NO2/c1-2-4-7(5-3-1)8-6-11-10-9-8;2-1(3)4/h1-6H;2H2,(H,3,4). The second kappa shape index (κ2) is 5.38. The molecule has 1 amide bonds. The van der Waals surface area contributed by atoms with Gasteiger partial charge in [0.15, 0.2) is 6.26 Å². The van der Waals surface area contributed by atoms with Crippen molar-refractivity contribution in [2.24, 2.45) is 5.73 Å². The summed E-state index contributed by atoms with van der Waals surface area (Å²) in [4.78, 5) is 8.78. The fraction of sp³-hybridized carbons (Fsp3) is 0. The average Bonchev–Trinajstić information content (AvgIpc) is 2.71. The van der Waals surface area contributed by atoms with E-state index in [4.69, 9.17) is 9.90 Å². The maximum atomic E-state index is 8.78. The SMILES string of the molecule is NC(=O)O.c1ccc(-c2conn2)cc1. The van der Waals surface area contributed by atoms with Crippen LogP contribution in [0.5, 0.6) is 0 Å². The van der Waals surface area contributed by atoms with E-state index in [0.29, 0.717) is 0 Å². The van der Waals surface area contributed by atoms with Gasteiger partial charge in [-0.1, -0.05) is 30.3 Å². The summed E-state index contributed by atoms with van der Waals surface area (Å²) in [7, 11) is 0. The number of carbonyl (C=O) groups is 1. The number of hydrogen-bond acceptors (Lipinski definition) is 4. The number of amides is 1. The molecule has 78 valence electrons. The second-order valence-electron chi connectivity index (χ2n) is 2.49. The highest BCUT2D eigenvalue weighted by Gasteiger charge is 1.98. The Labute approximate surface area is 85.3 Å². The molecule has 1 aromatic carbocycles. The van der Waals surface area contributed by atoms with Crippen molar-refractivity contribution in [3.8, 4) is 11.3 Å². The first kappa shape index (κ1) is 10.7. The first-order chi connectivity index (χ1) is 7.20. The normalized spacial score (nSPS) is 8.80. The van der Waals surface area contributed by atoms with Crippen molar-refractivity contribution < 1.29 is 14.4 Å². The average molecular weight is 207 g/mol. The molecule has 0 bridgehead atoms. The summed E-state index contributed by atoms with van der Waals surface area (Å²) in [5.41, 5.74) is 5.82. The third kappa shape index (κ3) is 3.90. The summed E-state index contributed by atoms with van der Waals surface area (Å²) >= 11 is 0. The zero-order chi connectivity index (χ0) is 11.1. The van der Waals surface area contributed by atoms with E-state index in [-0.39, 0.29) is 0 Å². The Balaban J connectivity index is 0.000000245. The first-order valence-corrected chi connectivity index (χ1v) is 4.01. The lowest BCUT2D eigenvalue weighted by atomic mass is 10.2. The number of benzene rings is 1. The van der Waals surface area contributed by atoms with Gasteiger partial charge >= 0.3 is 6.09 Å². The van der Waals surface area contributed by atoms with Gasteiger partial charge in [-0.3, -0.25) is 0 Å². The van der Waals surface area contributed by atoms with Gasteiger partial charge in [0.2, 0.25) is 0 Å². The zero-order valence-corrected chi connectivity index (χ0v) is 7.70. The van der Waals surface area contributed by atoms with E-state index in [1.807, 2.05) is 30.3 Å². The van der Waals surface area contributed by atoms with E-state index >= 15 is 0 Å². The number of hydrogen-bond donors (Lipinski definition) is 2. The van der Waals surface area contributed by atoms with Crippen LogP contribution in [0.25, 0.3) is 11.3 Å². The number of nitrogens with two attached hydrogens (primary N) is 1. The third-order valence-electron chi connectivity index (χ3n) is 1.43. The van der Waals surface area contributed by atoms with Crippen LogP contribution in [0.1, 0.15) is 0 Å². The van der Waals surface area contributed by atoms with Gasteiger partial charge in [0, 0.05) is 10.8 Å². The van der Waals surface area contributed by atoms with Crippen LogP contribution in [0.3, 0.4) is 0 Å². The molecule has 0 atom stereocenters. The molecule has 1 heterocycles. The summed E-state index contributed by atoms with van der Waals surface area (Å²) < 4.78 is 4.61. The lowest BCUT2D eigenvalue weighted by molar-refractivity contribution is 0.205. The van der Waals surface area contributed by atoms with Crippen LogP contribution in [0, 0.1) is 0 Å². The summed E-state index contributed by atoms with van der Waals surface area (Å²) in [6, 6.07) is 9.77. The van der Waals surface area contributed by atoms with Crippen LogP contribution in [0.4, 0.5) is 4.79 Å². The number of carboxylic acid groups (broad SMARTS) is 1. The van der Waals surface area contributed by atoms with Crippen LogP contribution in [-0.2, 0) is 0 Å². The summed E-state index contributed by atoms with van der Waals surface area (Å²) in [6.07, 6.45) is 0.190. The van der Waals surface area contributed by atoms with Gasteiger partial charge in [-0.25, -0.2) is 4.79 Å². The highest BCUT2D eigenvalue weighted by atomic mass is 16.5. The number of nitrogens with zero attached hydrogens (tertiary/aromatic N) is 2. The van der Waals surface area contributed by atoms with Crippen molar-refractivity contribution in [2.45, 2.75) is 0 Å². The van der Waals surface area contributed by atoms with Crippen molar-refractivity contribution in [1.82, 2.24) is 10.4 Å². The topological polar surface area (TPSA) is 102 Å². The molecule has 2 aromatic rings. The van der Waals surface area contributed by atoms with E-state index < -0.39 is 6.09 Å². The highest BCUT2D eigenvalue weighted by Crippen LogP contribution is 2.13. The third-order valence-corrected chi connectivity index (χ3v) is 1.43. The van der Waals surface area contributed by atoms with Crippen LogP contribution in [0.2, 0.25) is 0 Å². The number of primary amides is 1. The molecule has 3 N–H and O–H groups in total. The minimum Gasteiger partial charge on any atom is -0.465 e. The second-order valence-corrected chi connectivity index (χ2v) is 2.49. The molecule has 1 aromatic heterocycles. The molecule has 0 spiro atoms. The van der Waals surface area contributed by atoms with Gasteiger partial charge in [0.25, 0.3) is 0 Å². The summed E-state index contributed by atoms with van der Waals surface area (Å²) in [5, 5.41) is 14.3. The quantitative estimate of drug-likeness (QED) is 0.734. The van der Waals surface area contributed by atoms with Gasteiger partial charge in [-0.15, -0.1) is 5.10 Å². The van der Waals surface area contributed by atoms with E-state index in [1.54, 1.807) is 0 Å². The van der Waals surface area contributed by atoms with Gasteiger partial charge in [0.05, 0.1) is 0 Å². The molecule has 0 saturated carbocycles. The molecule has 2 rings (SSSR count). The molecule has 6 nitrogen and oxygen atoms in total. The Morgan fingerprint density at radius 2 is 1.93 bits per heavy atom. The van der Waals surface area contributed by atoms with Gasteiger partial charge in [-0.2, -0.15) is 0 Å². The van der Waals surface area contributed by atoms with Crippen LogP contribution in [-0.4, -0.2) is 21.6 Å². The van der Waals surface area contributed by atoms with Crippen LogP contribution < -0.4 is 5.73 Å². The van der Waals surface area contributed by atoms with E-state index in [9.17, 15) is 0 Å². The molecular formula is C9H9N3O3. The van der Waals surface area contributed by atoms with Gasteiger partial charge in [-0.05, 0) is 0 Å². The molecule has 15 heavy (non-hydrogen) atoms. The smallest absolute Gasteiger partial charge is 0.402 e. The fourth-order valence-corrected chi connectivity index (χ4v) is 0.899. The molecule has 0 fully saturated rings. The molecule has 0 radical (unpaired) electrons. The fourth-order valence-electron chi connectivity index (χ4n) is 0.899. The summed E-state index contributed by atoms with van der Waals surface area (Å²) in [6.45, 7) is 0. The lowest BCUT2D eigenvalue weighted by Crippen LogP contribution is -2.03. The summed E-state index contributed by atoms with van der Waals surface area (Å²) in [5.74, 6) is 0. The molecule has 0 saturated heterocycles. The maximum Gasteiger partial charge on any atom is 0.402 e.